The number of nitrogen functional groups attached to an aromatic ring is 1. The Hall–Kier alpha value is -1.51. The van der Waals surface area contributed by atoms with Gasteiger partial charge in [-0.25, -0.2) is 0 Å². The van der Waals surface area contributed by atoms with Crippen molar-refractivity contribution in [2.75, 3.05) is 12.3 Å². The van der Waals surface area contributed by atoms with Crippen molar-refractivity contribution in [3.05, 3.63) is 29.3 Å². The Morgan fingerprint density at radius 2 is 2.21 bits per heavy atom. The topological polar surface area (TPSA) is 46.3 Å². The van der Waals surface area contributed by atoms with Crippen LogP contribution in [-0.4, -0.2) is 23.4 Å². The highest BCUT2D eigenvalue weighted by molar-refractivity contribution is 5.95. The zero-order chi connectivity index (χ0) is 13.8. The summed E-state index contributed by atoms with van der Waals surface area (Å²) in [5.41, 5.74) is 8.37. The summed E-state index contributed by atoms with van der Waals surface area (Å²) in [5.74, 6) is 0.143. The molecule has 1 saturated heterocycles. The first-order chi connectivity index (χ1) is 9.13. The van der Waals surface area contributed by atoms with Crippen molar-refractivity contribution in [3.8, 4) is 0 Å². The average Bonchev–Trinajstić information content (AvgIpc) is 2.42. The van der Waals surface area contributed by atoms with Gasteiger partial charge in [0.05, 0.1) is 0 Å². The van der Waals surface area contributed by atoms with Crippen LogP contribution in [0.5, 0.6) is 0 Å². The minimum atomic E-state index is 0.143. The molecule has 1 atom stereocenters. The van der Waals surface area contributed by atoms with Crippen molar-refractivity contribution in [2.45, 2.75) is 52.0 Å². The van der Waals surface area contributed by atoms with Crippen LogP contribution in [0.1, 0.15) is 54.9 Å². The monoisotopic (exact) mass is 260 g/mol. The number of carbonyl (C=O) groups is 1. The van der Waals surface area contributed by atoms with E-state index in [9.17, 15) is 4.79 Å². The quantitative estimate of drug-likeness (QED) is 0.847. The average molecular weight is 260 g/mol. The molecule has 0 aromatic heterocycles. The number of hydrogen-bond donors (Lipinski definition) is 1. The van der Waals surface area contributed by atoms with Crippen LogP contribution in [-0.2, 0) is 0 Å². The summed E-state index contributed by atoms with van der Waals surface area (Å²) in [4.78, 5) is 14.7. The second-order valence-electron chi connectivity index (χ2n) is 5.51. The lowest BCUT2D eigenvalue weighted by molar-refractivity contribution is 0.0600. The Kier molecular flexibility index (Phi) is 4.46. The van der Waals surface area contributed by atoms with Crippen molar-refractivity contribution in [2.24, 2.45) is 0 Å². The lowest BCUT2D eigenvalue weighted by Gasteiger charge is -2.36. The third-order valence-electron chi connectivity index (χ3n) is 4.04. The number of piperidine rings is 1. The fourth-order valence-electron chi connectivity index (χ4n) is 2.84. The molecule has 0 radical (unpaired) electrons. The molecule has 0 spiro atoms. The lowest BCUT2D eigenvalue weighted by Crippen LogP contribution is -2.43. The second kappa shape index (κ2) is 6.09. The number of anilines is 1. The molecule has 2 rings (SSSR count). The third-order valence-corrected chi connectivity index (χ3v) is 4.04. The van der Waals surface area contributed by atoms with Crippen molar-refractivity contribution in [1.82, 2.24) is 4.90 Å². The molecule has 1 amide bonds. The molecule has 1 aromatic carbocycles. The smallest absolute Gasteiger partial charge is 0.254 e. The molecule has 1 fully saturated rings. The summed E-state index contributed by atoms with van der Waals surface area (Å²) in [6.07, 6.45) is 5.73. The van der Waals surface area contributed by atoms with Crippen LogP contribution in [0.25, 0.3) is 0 Å². The maximum atomic E-state index is 12.6. The van der Waals surface area contributed by atoms with Crippen LogP contribution < -0.4 is 5.73 Å². The molecular weight excluding hydrogens is 236 g/mol. The van der Waals surface area contributed by atoms with E-state index in [1.165, 1.54) is 6.42 Å². The maximum Gasteiger partial charge on any atom is 0.254 e. The largest absolute Gasteiger partial charge is 0.398 e. The molecule has 2 N–H and O–H groups in total. The summed E-state index contributed by atoms with van der Waals surface area (Å²) < 4.78 is 0. The van der Waals surface area contributed by atoms with Crippen LogP contribution in [0.4, 0.5) is 5.69 Å². The fraction of sp³-hybridized carbons (Fsp3) is 0.562. The van der Waals surface area contributed by atoms with E-state index in [-0.39, 0.29) is 5.91 Å². The Labute approximate surface area is 115 Å². The predicted octanol–water partition coefficient (Wildman–Crippen LogP) is 3.37. The SMILES string of the molecule is CCCC1CCCCN1C(=O)c1ccc(C)c(N)c1. The van der Waals surface area contributed by atoms with Crippen LogP contribution in [0, 0.1) is 6.92 Å². The Balaban J connectivity index is 2.18. The first kappa shape index (κ1) is 13.9. The molecule has 1 heterocycles. The first-order valence-electron chi connectivity index (χ1n) is 7.30. The Bertz CT molecular complexity index is 454. The van der Waals surface area contributed by atoms with Crippen molar-refractivity contribution in [3.63, 3.8) is 0 Å². The molecule has 1 aliphatic rings. The van der Waals surface area contributed by atoms with E-state index in [2.05, 4.69) is 11.8 Å². The van der Waals surface area contributed by atoms with Gasteiger partial charge in [-0.05, 0) is 50.3 Å². The normalized spacial score (nSPS) is 19.5. The van der Waals surface area contributed by atoms with Crippen LogP contribution >= 0.6 is 0 Å². The van der Waals surface area contributed by atoms with Gasteiger partial charge in [-0.1, -0.05) is 19.4 Å². The van der Waals surface area contributed by atoms with Gasteiger partial charge in [-0.2, -0.15) is 0 Å². The van der Waals surface area contributed by atoms with Crippen molar-refractivity contribution in [1.29, 1.82) is 0 Å². The molecule has 104 valence electrons. The molecule has 0 aliphatic carbocycles. The van der Waals surface area contributed by atoms with Gasteiger partial charge in [-0.15, -0.1) is 0 Å². The summed E-state index contributed by atoms with van der Waals surface area (Å²) in [5, 5.41) is 0. The number of aryl methyl sites for hydroxylation is 1. The van der Waals surface area contributed by atoms with Crippen molar-refractivity contribution < 1.29 is 4.79 Å². The lowest BCUT2D eigenvalue weighted by atomic mass is 9.97. The molecule has 0 bridgehead atoms. The summed E-state index contributed by atoms with van der Waals surface area (Å²) in [6.45, 7) is 5.03. The number of amides is 1. The number of likely N-dealkylation sites (tertiary alicyclic amines) is 1. The Morgan fingerprint density at radius 1 is 1.42 bits per heavy atom. The van der Waals surface area contributed by atoms with Gasteiger partial charge in [-0.3, -0.25) is 4.79 Å². The molecular formula is C16H24N2O. The second-order valence-corrected chi connectivity index (χ2v) is 5.51. The number of hydrogen-bond acceptors (Lipinski definition) is 2. The fourth-order valence-corrected chi connectivity index (χ4v) is 2.84. The predicted molar refractivity (Wildman–Crippen MR) is 79.2 cm³/mol. The molecule has 1 aromatic rings. The molecule has 1 aliphatic heterocycles. The Morgan fingerprint density at radius 3 is 2.89 bits per heavy atom. The van der Waals surface area contributed by atoms with E-state index in [1.54, 1.807) is 0 Å². The van der Waals surface area contributed by atoms with Crippen LogP contribution in [0.15, 0.2) is 18.2 Å². The van der Waals surface area contributed by atoms with E-state index in [0.29, 0.717) is 11.7 Å². The summed E-state index contributed by atoms with van der Waals surface area (Å²) in [6, 6.07) is 6.05. The van der Waals surface area contributed by atoms with Gasteiger partial charge in [0, 0.05) is 23.8 Å². The molecule has 19 heavy (non-hydrogen) atoms. The van der Waals surface area contributed by atoms with E-state index in [0.717, 1.165) is 43.4 Å². The number of rotatable bonds is 3. The van der Waals surface area contributed by atoms with E-state index in [1.807, 2.05) is 25.1 Å². The van der Waals surface area contributed by atoms with Crippen molar-refractivity contribution >= 4 is 11.6 Å². The van der Waals surface area contributed by atoms with Crippen LogP contribution in [0.2, 0.25) is 0 Å². The minimum Gasteiger partial charge on any atom is -0.398 e. The van der Waals surface area contributed by atoms with Gasteiger partial charge < -0.3 is 10.6 Å². The minimum absolute atomic E-state index is 0.143. The summed E-state index contributed by atoms with van der Waals surface area (Å²) in [7, 11) is 0. The highest BCUT2D eigenvalue weighted by atomic mass is 16.2. The zero-order valence-electron chi connectivity index (χ0n) is 12.0. The molecule has 3 heteroatoms. The van der Waals surface area contributed by atoms with Gasteiger partial charge >= 0.3 is 0 Å². The molecule has 3 nitrogen and oxygen atoms in total. The van der Waals surface area contributed by atoms with Gasteiger partial charge in [0.2, 0.25) is 0 Å². The number of nitrogens with two attached hydrogens (primary N) is 1. The first-order valence-corrected chi connectivity index (χ1v) is 7.30. The summed E-state index contributed by atoms with van der Waals surface area (Å²) >= 11 is 0. The number of benzene rings is 1. The van der Waals surface area contributed by atoms with E-state index in [4.69, 9.17) is 5.73 Å². The zero-order valence-corrected chi connectivity index (χ0v) is 12.0. The third kappa shape index (κ3) is 3.09. The molecule has 0 saturated carbocycles. The van der Waals surface area contributed by atoms with Gasteiger partial charge in [0.1, 0.15) is 0 Å². The van der Waals surface area contributed by atoms with Gasteiger partial charge in [0.15, 0.2) is 0 Å². The number of nitrogens with zero attached hydrogens (tertiary/aromatic N) is 1. The maximum absolute atomic E-state index is 12.6. The van der Waals surface area contributed by atoms with E-state index >= 15 is 0 Å². The highest BCUT2D eigenvalue weighted by Gasteiger charge is 2.26. The van der Waals surface area contributed by atoms with Crippen LogP contribution in [0.3, 0.4) is 0 Å². The molecule has 1 unspecified atom stereocenters. The standard InChI is InChI=1S/C16H24N2O/c1-3-6-14-7-4-5-10-18(14)16(19)13-9-8-12(2)15(17)11-13/h8-9,11,14H,3-7,10,17H2,1-2H3. The van der Waals surface area contributed by atoms with Gasteiger partial charge in [0.25, 0.3) is 5.91 Å². The highest BCUT2D eigenvalue weighted by Crippen LogP contribution is 2.24. The number of carbonyl (C=O) groups excluding carboxylic acids is 1. The van der Waals surface area contributed by atoms with E-state index < -0.39 is 0 Å².